The number of nitrogens with zero attached hydrogens (tertiary/aromatic N) is 2. The molecule has 1 saturated heterocycles. The number of methoxy groups -OCH3 is 1. The lowest BCUT2D eigenvalue weighted by molar-refractivity contribution is 0.166. The average Bonchev–Trinajstić information content (AvgIpc) is 2.86. The summed E-state index contributed by atoms with van der Waals surface area (Å²) >= 11 is 0. The van der Waals surface area contributed by atoms with Crippen LogP contribution in [0.5, 0.6) is 0 Å². The number of likely N-dealkylation sites (tertiary alicyclic amines) is 1. The van der Waals surface area contributed by atoms with Crippen molar-refractivity contribution in [2.75, 3.05) is 32.1 Å². The minimum atomic E-state index is 0. The molecule has 0 aliphatic carbocycles. The molecule has 0 bridgehead atoms. The van der Waals surface area contributed by atoms with Crippen LogP contribution < -0.4 is 11.1 Å². The van der Waals surface area contributed by atoms with Crippen molar-refractivity contribution in [1.29, 1.82) is 0 Å². The van der Waals surface area contributed by atoms with Gasteiger partial charge in [-0.3, -0.25) is 9.89 Å². The Hall–Kier alpha value is -0.860. The highest BCUT2D eigenvalue weighted by molar-refractivity contribution is 14.0. The van der Waals surface area contributed by atoms with Gasteiger partial charge in [0.15, 0.2) is 5.96 Å². The first-order valence-electron chi connectivity index (χ1n) is 9.49. The average molecular weight is 474 g/mol. The number of hydrogen-bond donors (Lipinski definition) is 2. The molecule has 1 unspecified atom stereocenters. The van der Waals surface area contributed by atoms with Crippen molar-refractivity contribution in [3.63, 3.8) is 0 Å². The molecule has 2 rings (SSSR count). The monoisotopic (exact) mass is 474 g/mol. The third-order valence-electron chi connectivity index (χ3n) is 4.91. The highest BCUT2D eigenvalue weighted by Gasteiger charge is 2.22. The molecule has 1 aromatic carbocycles. The van der Waals surface area contributed by atoms with Crippen LogP contribution in [0.25, 0.3) is 0 Å². The van der Waals surface area contributed by atoms with Crippen molar-refractivity contribution >= 4 is 35.6 Å². The van der Waals surface area contributed by atoms with Gasteiger partial charge in [0.2, 0.25) is 0 Å². The number of para-hydroxylation sites is 1. The molecule has 1 heterocycles. The fourth-order valence-electron chi connectivity index (χ4n) is 3.47. The molecule has 1 aliphatic heterocycles. The number of benzene rings is 1. The maximum absolute atomic E-state index is 6.16. The molecule has 1 atom stereocenters. The van der Waals surface area contributed by atoms with Crippen molar-refractivity contribution in [3.05, 3.63) is 29.8 Å². The van der Waals surface area contributed by atoms with Gasteiger partial charge in [-0.25, -0.2) is 0 Å². The topological polar surface area (TPSA) is 62.9 Å². The molecule has 5 nitrogen and oxygen atoms in total. The van der Waals surface area contributed by atoms with E-state index in [1.807, 2.05) is 24.3 Å². The first-order chi connectivity index (χ1) is 12.1. The summed E-state index contributed by atoms with van der Waals surface area (Å²) in [5.41, 5.74) is 8.20. The number of nitrogens with one attached hydrogen (secondary N) is 1. The molecule has 1 fully saturated rings. The van der Waals surface area contributed by atoms with Crippen LogP contribution in [-0.4, -0.2) is 43.6 Å². The molecule has 0 spiro atoms. The number of ether oxygens (including phenoxy) is 1. The third kappa shape index (κ3) is 7.40. The van der Waals surface area contributed by atoms with E-state index in [9.17, 15) is 0 Å². The van der Waals surface area contributed by atoms with Crippen LogP contribution in [0, 0.1) is 5.92 Å². The smallest absolute Gasteiger partial charge is 0.193 e. The molecule has 0 aromatic heterocycles. The first kappa shape index (κ1) is 23.2. The predicted molar refractivity (Wildman–Crippen MR) is 121 cm³/mol. The Balaban J connectivity index is 0.00000338. The standard InChI is InChI=1S/C20H34N4O.HI/c1-16(2)19(24-12-8-4-5-9-13-24)14-22-20(21)23-18-11-7-6-10-17(18)15-25-3;/h6-7,10-11,16,19H,4-5,8-9,12-15H2,1-3H3,(H3,21,22,23);1H. The zero-order valence-corrected chi connectivity index (χ0v) is 18.7. The highest BCUT2D eigenvalue weighted by Crippen LogP contribution is 2.18. The lowest BCUT2D eigenvalue weighted by Gasteiger charge is -2.32. The van der Waals surface area contributed by atoms with E-state index in [1.165, 1.54) is 38.8 Å². The van der Waals surface area contributed by atoms with E-state index in [0.717, 1.165) is 17.8 Å². The lowest BCUT2D eigenvalue weighted by atomic mass is 10.0. The van der Waals surface area contributed by atoms with E-state index >= 15 is 0 Å². The Morgan fingerprint density at radius 1 is 1.19 bits per heavy atom. The van der Waals surface area contributed by atoms with E-state index in [0.29, 0.717) is 24.5 Å². The van der Waals surface area contributed by atoms with E-state index in [4.69, 9.17) is 10.5 Å². The first-order valence-corrected chi connectivity index (χ1v) is 9.49. The third-order valence-corrected chi connectivity index (χ3v) is 4.91. The number of nitrogens with two attached hydrogens (primary N) is 1. The quantitative estimate of drug-likeness (QED) is 0.355. The second-order valence-electron chi connectivity index (χ2n) is 7.20. The Morgan fingerprint density at radius 2 is 1.85 bits per heavy atom. The Labute approximate surface area is 175 Å². The number of rotatable bonds is 7. The molecule has 3 N–H and O–H groups in total. The number of hydrogen-bond acceptors (Lipinski definition) is 3. The summed E-state index contributed by atoms with van der Waals surface area (Å²) in [6, 6.07) is 8.48. The summed E-state index contributed by atoms with van der Waals surface area (Å²) in [4.78, 5) is 7.25. The Kier molecular flexibility index (Phi) is 11.2. The lowest BCUT2D eigenvalue weighted by Crippen LogP contribution is -2.42. The predicted octanol–water partition coefficient (Wildman–Crippen LogP) is 4.08. The second-order valence-corrected chi connectivity index (χ2v) is 7.20. The van der Waals surface area contributed by atoms with Crippen LogP contribution in [-0.2, 0) is 11.3 Å². The Morgan fingerprint density at radius 3 is 2.46 bits per heavy atom. The molecule has 0 radical (unpaired) electrons. The molecule has 1 aliphatic rings. The van der Waals surface area contributed by atoms with Crippen molar-refractivity contribution in [2.24, 2.45) is 16.6 Å². The normalized spacial score (nSPS) is 17.5. The SMILES string of the molecule is COCc1ccccc1NC(N)=NCC(C(C)C)N1CCCCCC1.I. The molecule has 0 amide bonds. The van der Waals surface area contributed by atoms with Crippen LogP contribution in [0.3, 0.4) is 0 Å². The number of aliphatic imine (C=N–C) groups is 1. The van der Waals surface area contributed by atoms with Crippen LogP contribution >= 0.6 is 24.0 Å². The minimum absolute atomic E-state index is 0. The fourth-order valence-corrected chi connectivity index (χ4v) is 3.47. The number of anilines is 1. The summed E-state index contributed by atoms with van der Waals surface area (Å²) in [5, 5.41) is 3.23. The summed E-state index contributed by atoms with van der Waals surface area (Å²) in [6.45, 7) is 8.22. The van der Waals surface area contributed by atoms with Crippen molar-refractivity contribution in [1.82, 2.24) is 4.90 Å². The van der Waals surface area contributed by atoms with E-state index in [1.54, 1.807) is 7.11 Å². The zero-order valence-electron chi connectivity index (χ0n) is 16.4. The van der Waals surface area contributed by atoms with Gasteiger partial charge in [0.25, 0.3) is 0 Å². The van der Waals surface area contributed by atoms with Crippen molar-refractivity contribution in [2.45, 2.75) is 52.2 Å². The van der Waals surface area contributed by atoms with Gasteiger partial charge in [0, 0.05) is 24.4 Å². The maximum Gasteiger partial charge on any atom is 0.193 e. The molecule has 0 saturated carbocycles. The summed E-state index contributed by atoms with van der Waals surface area (Å²) in [6.07, 6.45) is 5.30. The van der Waals surface area contributed by atoms with Gasteiger partial charge in [-0.15, -0.1) is 24.0 Å². The van der Waals surface area contributed by atoms with Crippen LogP contribution in [0.15, 0.2) is 29.3 Å². The molecule has 26 heavy (non-hydrogen) atoms. The van der Waals surface area contributed by atoms with Crippen LogP contribution in [0.4, 0.5) is 5.69 Å². The number of halogens is 1. The van der Waals surface area contributed by atoms with Crippen molar-refractivity contribution < 1.29 is 4.74 Å². The van der Waals surface area contributed by atoms with Gasteiger partial charge in [0.05, 0.1) is 13.2 Å². The zero-order chi connectivity index (χ0) is 18.1. The molecule has 1 aromatic rings. The highest BCUT2D eigenvalue weighted by atomic mass is 127. The maximum atomic E-state index is 6.16. The minimum Gasteiger partial charge on any atom is -0.380 e. The second kappa shape index (κ2) is 12.5. The molecular formula is C20H35IN4O. The summed E-state index contributed by atoms with van der Waals surface area (Å²) in [5.74, 6) is 1.04. The van der Waals surface area contributed by atoms with E-state index < -0.39 is 0 Å². The van der Waals surface area contributed by atoms with Gasteiger partial charge in [-0.05, 0) is 37.9 Å². The largest absolute Gasteiger partial charge is 0.380 e. The molecular weight excluding hydrogens is 439 g/mol. The van der Waals surface area contributed by atoms with Crippen molar-refractivity contribution in [3.8, 4) is 0 Å². The Bertz CT molecular complexity index is 542. The fraction of sp³-hybridized carbons (Fsp3) is 0.650. The van der Waals surface area contributed by atoms with Crippen LogP contribution in [0.2, 0.25) is 0 Å². The van der Waals surface area contributed by atoms with Gasteiger partial charge in [0.1, 0.15) is 0 Å². The van der Waals surface area contributed by atoms with Gasteiger partial charge >= 0.3 is 0 Å². The molecule has 6 heteroatoms. The van der Waals surface area contributed by atoms with E-state index in [2.05, 4.69) is 29.1 Å². The van der Waals surface area contributed by atoms with Gasteiger partial charge < -0.3 is 15.8 Å². The van der Waals surface area contributed by atoms with E-state index in [-0.39, 0.29) is 24.0 Å². The van der Waals surface area contributed by atoms with Gasteiger partial charge in [-0.1, -0.05) is 44.9 Å². The summed E-state index contributed by atoms with van der Waals surface area (Å²) in [7, 11) is 1.70. The summed E-state index contributed by atoms with van der Waals surface area (Å²) < 4.78 is 5.24. The van der Waals surface area contributed by atoms with Gasteiger partial charge in [-0.2, -0.15) is 0 Å². The molecule has 148 valence electrons. The van der Waals surface area contributed by atoms with Crippen LogP contribution in [0.1, 0.15) is 45.1 Å². The number of guanidine groups is 1.